The number of nitrogens with zero attached hydrogens (tertiary/aromatic N) is 1. The first kappa shape index (κ1) is 11.7. The molecule has 0 aliphatic heterocycles. The molecule has 0 aliphatic carbocycles. The summed E-state index contributed by atoms with van der Waals surface area (Å²) in [5, 5.41) is 0.968. The summed E-state index contributed by atoms with van der Waals surface area (Å²) in [6.07, 6.45) is 3.57. The maximum absolute atomic E-state index is 11.4. The standard InChI is InChI=1S/C16H14N2O/c1-2-11-6-5-7-12-13(10-19)16(18-15(11)12)14-8-3-4-9-17-14/h3-10,18H,2H2,1H3. The molecule has 3 aromatic rings. The number of hydrogen-bond acceptors (Lipinski definition) is 2. The number of aromatic nitrogens is 2. The molecule has 0 amide bonds. The van der Waals surface area contributed by atoms with Gasteiger partial charge in [-0.25, -0.2) is 0 Å². The van der Waals surface area contributed by atoms with Crippen LogP contribution in [0.1, 0.15) is 22.8 Å². The minimum absolute atomic E-state index is 0.684. The van der Waals surface area contributed by atoms with Gasteiger partial charge in [0.1, 0.15) is 0 Å². The maximum Gasteiger partial charge on any atom is 0.152 e. The zero-order chi connectivity index (χ0) is 13.2. The summed E-state index contributed by atoms with van der Waals surface area (Å²) in [6.45, 7) is 2.11. The average molecular weight is 250 g/mol. The summed E-state index contributed by atoms with van der Waals surface area (Å²) < 4.78 is 0. The number of aryl methyl sites for hydroxylation is 1. The molecule has 19 heavy (non-hydrogen) atoms. The number of para-hydroxylation sites is 1. The molecule has 0 unspecified atom stereocenters. The lowest BCUT2D eigenvalue weighted by molar-refractivity contribution is 0.112. The highest BCUT2D eigenvalue weighted by Gasteiger charge is 2.14. The van der Waals surface area contributed by atoms with E-state index in [4.69, 9.17) is 0 Å². The molecule has 1 N–H and O–H groups in total. The summed E-state index contributed by atoms with van der Waals surface area (Å²) in [5.74, 6) is 0. The van der Waals surface area contributed by atoms with Crippen LogP contribution >= 0.6 is 0 Å². The summed E-state index contributed by atoms with van der Waals surface area (Å²) >= 11 is 0. The first-order valence-corrected chi connectivity index (χ1v) is 6.35. The Hall–Kier alpha value is -2.42. The van der Waals surface area contributed by atoms with Gasteiger partial charge in [0.25, 0.3) is 0 Å². The van der Waals surface area contributed by atoms with E-state index in [0.717, 1.165) is 35.0 Å². The van der Waals surface area contributed by atoms with E-state index in [1.807, 2.05) is 30.3 Å². The van der Waals surface area contributed by atoms with Crippen molar-refractivity contribution in [1.82, 2.24) is 9.97 Å². The number of benzene rings is 1. The van der Waals surface area contributed by atoms with Crippen LogP contribution in [0.25, 0.3) is 22.3 Å². The van der Waals surface area contributed by atoms with Crippen LogP contribution < -0.4 is 0 Å². The van der Waals surface area contributed by atoms with Gasteiger partial charge < -0.3 is 4.98 Å². The van der Waals surface area contributed by atoms with E-state index in [-0.39, 0.29) is 0 Å². The molecule has 2 aromatic heterocycles. The Balaban J connectivity index is 2.34. The molecule has 94 valence electrons. The van der Waals surface area contributed by atoms with Gasteiger partial charge in [-0.2, -0.15) is 0 Å². The van der Waals surface area contributed by atoms with Crippen molar-refractivity contribution in [2.75, 3.05) is 0 Å². The number of carbonyl (C=O) groups is 1. The number of aldehydes is 1. The largest absolute Gasteiger partial charge is 0.352 e. The third-order valence-electron chi connectivity index (χ3n) is 3.38. The van der Waals surface area contributed by atoms with Gasteiger partial charge in [0, 0.05) is 22.7 Å². The van der Waals surface area contributed by atoms with Crippen LogP contribution in [0.5, 0.6) is 0 Å². The fourth-order valence-electron chi connectivity index (χ4n) is 2.43. The van der Waals surface area contributed by atoms with Crippen molar-refractivity contribution in [1.29, 1.82) is 0 Å². The van der Waals surface area contributed by atoms with Crippen LogP contribution in [0.3, 0.4) is 0 Å². The van der Waals surface area contributed by atoms with E-state index >= 15 is 0 Å². The molecule has 0 saturated carbocycles. The molecule has 1 aromatic carbocycles. The average Bonchev–Trinajstić information content (AvgIpc) is 2.86. The molecule has 0 bridgehead atoms. The predicted octanol–water partition coefficient (Wildman–Crippen LogP) is 3.60. The zero-order valence-corrected chi connectivity index (χ0v) is 10.7. The van der Waals surface area contributed by atoms with Gasteiger partial charge in [-0.1, -0.05) is 31.2 Å². The van der Waals surface area contributed by atoms with E-state index in [9.17, 15) is 4.79 Å². The van der Waals surface area contributed by atoms with Crippen LogP contribution in [0.4, 0.5) is 0 Å². The SMILES string of the molecule is CCc1cccc2c(C=O)c(-c3ccccn3)[nH]c12. The Bertz CT molecular complexity index is 729. The van der Waals surface area contributed by atoms with Crippen molar-refractivity contribution in [3.8, 4) is 11.4 Å². The number of carbonyl (C=O) groups excluding carboxylic acids is 1. The fourth-order valence-corrected chi connectivity index (χ4v) is 2.43. The smallest absolute Gasteiger partial charge is 0.152 e. The summed E-state index contributed by atoms with van der Waals surface area (Å²) in [7, 11) is 0. The molecule has 0 saturated heterocycles. The van der Waals surface area contributed by atoms with Gasteiger partial charge in [0.15, 0.2) is 6.29 Å². The van der Waals surface area contributed by atoms with Gasteiger partial charge in [0.05, 0.1) is 11.4 Å². The molecular weight excluding hydrogens is 236 g/mol. The second-order valence-electron chi connectivity index (χ2n) is 4.44. The summed E-state index contributed by atoms with van der Waals surface area (Å²) in [4.78, 5) is 19.1. The Kier molecular flexibility index (Phi) is 2.88. The van der Waals surface area contributed by atoms with Crippen LogP contribution in [0, 0.1) is 0 Å². The van der Waals surface area contributed by atoms with Crippen molar-refractivity contribution in [2.45, 2.75) is 13.3 Å². The lowest BCUT2D eigenvalue weighted by Crippen LogP contribution is -1.86. The normalized spacial score (nSPS) is 10.8. The second-order valence-corrected chi connectivity index (χ2v) is 4.44. The van der Waals surface area contributed by atoms with Crippen molar-refractivity contribution < 1.29 is 4.79 Å². The van der Waals surface area contributed by atoms with Crippen LogP contribution in [0.15, 0.2) is 42.6 Å². The predicted molar refractivity (Wildman–Crippen MR) is 76.3 cm³/mol. The molecule has 0 aliphatic rings. The first-order chi connectivity index (χ1) is 9.35. The lowest BCUT2D eigenvalue weighted by atomic mass is 10.1. The van der Waals surface area contributed by atoms with Crippen molar-refractivity contribution in [3.63, 3.8) is 0 Å². The molecule has 2 heterocycles. The Labute approximate surface area is 111 Å². The lowest BCUT2D eigenvalue weighted by Gasteiger charge is -1.98. The number of nitrogens with one attached hydrogen (secondary N) is 1. The molecule has 3 nitrogen and oxygen atoms in total. The molecule has 3 heteroatoms. The van der Waals surface area contributed by atoms with Crippen LogP contribution in [-0.4, -0.2) is 16.3 Å². The van der Waals surface area contributed by atoms with Crippen LogP contribution in [0.2, 0.25) is 0 Å². The maximum atomic E-state index is 11.4. The topological polar surface area (TPSA) is 45.8 Å². The van der Waals surface area contributed by atoms with Gasteiger partial charge >= 0.3 is 0 Å². The van der Waals surface area contributed by atoms with Gasteiger partial charge in [-0.15, -0.1) is 0 Å². The fraction of sp³-hybridized carbons (Fsp3) is 0.125. The summed E-state index contributed by atoms with van der Waals surface area (Å²) in [6, 6.07) is 11.7. The minimum Gasteiger partial charge on any atom is -0.352 e. The molecule has 3 rings (SSSR count). The number of hydrogen-bond donors (Lipinski definition) is 1. The third-order valence-corrected chi connectivity index (χ3v) is 3.38. The van der Waals surface area contributed by atoms with E-state index in [1.54, 1.807) is 6.20 Å². The van der Waals surface area contributed by atoms with Crippen molar-refractivity contribution >= 4 is 17.2 Å². The highest BCUT2D eigenvalue weighted by atomic mass is 16.1. The number of pyridine rings is 1. The van der Waals surface area contributed by atoms with Crippen molar-refractivity contribution in [2.24, 2.45) is 0 Å². The Morgan fingerprint density at radius 1 is 1.21 bits per heavy atom. The number of H-pyrrole nitrogens is 1. The highest BCUT2D eigenvalue weighted by Crippen LogP contribution is 2.29. The summed E-state index contributed by atoms with van der Waals surface area (Å²) in [5.41, 5.74) is 4.52. The molecule has 0 fully saturated rings. The minimum atomic E-state index is 0.684. The van der Waals surface area contributed by atoms with E-state index in [1.165, 1.54) is 5.56 Å². The number of aromatic amines is 1. The van der Waals surface area contributed by atoms with Crippen LogP contribution in [-0.2, 0) is 6.42 Å². The molecular formula is C16H14N2O. The molecule has 0 radical (unpaired) electrons. The van der Waals surface area contributed by atoms with Crippen molar-refractivity contribution in [3.05, 3.63) is 53.7 Å². The quantitative estimate of drug-likeness (QED) is 0.722. The molecule has 0 spiro atoms. The number of fused-ring (bicyclic) bond motifs is 1. The van der Waals surface area contributed by atoms with E-state index in [2.05, 4.69) is 23.0 Å². The zero-order valence-electron chi connectivity index (χ0n) is 10.7. The second kappa shape index (κ2) is 4.69. The molecule has 0 atom stereocenters. The van der Waals surface area contributed by atoms with Gasteiger partial charge in [-0.3, -0.25) is 9.78 Å². The monoisotopic (exact) mass is 250 g/mol. The van der Waals surface area contributed by atoms with E-state index in [0.29, 0.717) is 5.56 Å². The number of rotatable bonds is 3. The Morgan fingerprint density at radius 2 is 2.11 bits per heavy atom. The first-order valence-electron chi connectivity index (χ1n) is 6.35. The van der Waals surface area contributed by atoms with E-state index < -0.39 is 0 Å². The third kappa shape index (κ3) is 1.83. The highest BCUT2D eigenvalue weighted by molar-refractivity contribution is 6.04. The van der Waals surface area contributed by atoms with Gasteiger partial charge in [0.2, 0.25) is 0 Å². The Morgan fingerprint density at radius 3 is 2.79 bits per heavy atom. The van der Waals surface area contributed by atoms with Gasteiger partial charge in [-0.05, 0) is 24.1 Å².